The fourth-order valence-corrected chi connectivity index (χ4v) is 5.60. The van der Waals surface area contributed by atoms with Crippen molar-refractivity contribution in [3.05, 3.63) is 0 Å². The van der Waals surface area contributed by atoms with Crippen LogP contribution in [-0.2, 0) is 0 Å². The SMILES string of the molecule is CCCCCCCCCCCN(C(C)(C)CCCCCCC)C(C)(C)CCCCCCC. The van der Waals surface area contributed by atoms with Gasteiger partial charge in [-0.3, -0.25) is 4.90 Å². The quantitative estimate of drug-likeness (QED) is 0.132. The molecule has 0 spiro atoms. The smallest absolute Gasteiger partial charge is 0.0158 e. The number of rotatable bonds is 24. The van der Waals surface area contributed by atoms with Gasteiger partial charge in [-0.1, -0.05) is 136 Å². The van der Waals surface area contributed by atoms with Gasteiger partial charge >= 0.3 is 0 Å². The molecule has 0 aliphatic carbocycles. The molecule has 0 heterocycles. The molecule has 1 heteroatoms. The van der Waals surface area contributed by atoms with Crippen LogP contribution in [0.2, 0.25) is 0 Å². The molecule has 194 valence electrons. The van der Waals surface area contributed by atoms with E-state index in [0.717, 1.165) is 0 Å². The third-order valence-electron chi connectivity index (χ3n) is 7.73. The first-order valence-corrected chi connectivity index (χ1v) is 15.1. The molecule has 1 nitrogen and oxygen atoms in total. The van der Waals surface area contributed by atoms with Crippen molar-refractivity contribution in [3.63, 3.8) is 0 Å². The lowest BCUT2D eigenvalue weighted by atomic mass is 9.85. The van der Waals surface area contributed by atoms with Crippen LogP contribution in [-0.4, -0.2) is 22.5 Å². The molecule has 32 heavy (non-hydrogen) atoms. The molecule has 0 aromatic carbocycles. The van der Waals surface area contributed by atoms with E-state index in [4.69, 9.17) is 0 Å². The van der Waals surface area contributed by atoms with E-state index in [2.05, 4.69) is 53.4 Å². The first kappa shape index (κ1) is 32.0. The largest absolute Gasteiger partial charge is 0.293 e. The average molecular weight is 452 g/mol. The van der Waals surface area contributed by atoms with Crippen LogP contribution in [0.1, 0.15) is 183 Å². The minimum absolute atomic E-state index is 0.319. The van der Waals surface area contributed by atoms with E-state index in [1.165, 1.54) is 141 Å². The first-order chi connectivity index (χ1) is 15.3. The molecule has 0 aromatic heterocycles. The van der Waals surface area contributed by atoms with Crippen LogP contribution >= 0.6 is 0 Å². The summed E-state index contributed by atoms with van der Waals surface area (Å²) in [5.74, 6) is 0. The Morgan fingerprint density at radius 1 is 0.375 bits per heavy atom. The second-order valence-electron chi connectivity index (χ2n) is 11.9. The lowest BCUT2D eigenvalue weighted by molar-refractivity contribution is 0.00152. The maximum atomic E-state index is 2.93. The summed E-state index contributed by atoms with van der Waals surface area (Å²) in [5.41, 5.74) is 0.637. The third kappa shape index (κ3) is 16.6. The predicted octanol–water partition coefficient (Wildman–Crippen LogP) is 11.1. The summed E-state index contributed by atoms with van der Waals surface area (Å²) in [6.07, 6.45) is 29.5. The van der Waals surface area contributed by atoms with Crippen LogP contribution in [0.3, 0.4) is 0 Å². The second-order valence-corrected chi connectivity index (χ2v) is 11.9. The summed E-state index contributed by atoms with van der Waals surface area (Å²) in [4.78, 5) is 2.93. The van der Waals surface area contributed by atoms with E-state index in [-0.39, 0.29) is 0 Å². The summed E-state index contributed by atoms with van der Waals surface area (Å²) in [6.45, 7) is 18.4. The summed E-state index contributed by atoms with van der Waals surface area (Å²) in [5, 5.41) is 0. The Bertz CT molecular complexity index is 358. The van der Waals surface area contributed by atoms with Gasteiger partial charge in [0.2, 0.25) is 0 Å². The number of nitrogens with zero attached hydrogens (tertiary/aromatic N) is 1. The van der Waals surface area contributed by atoms with Crippen LogP contribution in [0.4, 0.5) is 0 Å². The van der Waals surface area contributed by atoms with Gasteiger partial charge in [0.25, 0.3) is 0 Å². The lowest BCUT2D eigenvalue weighted by Crippen LogP contribution is -2.55. The molecule has 0 unspecified atom stereocenters. The zero-order chi connectivity index (χ0) is 24.1. The van der Waals surface area contributed by atoms with Gasteiger partial charge < -0.3 is 0 Å². The Kier molecular flexibility index (Phi) is 20.3. The molecular formula is C31H65N. The normalized spacial score (nSPS) is 12.8. The Hall–Kier alpha value is -0.0400. The summed E-state index contributed by atoms with van der Waals surface area (Å²) in [7, 11) is 0. The van der Waals surface area contributed by atoms with Gasteiger partial charge in [-0.2, -0.15) is 0 Å². The highest BCUT2D eigenvalue weighted by Crippen LogP contribution is 2.34. The minimum Gasteiger partial charge on any atom is -0.293 e. The number of hydrogen-bond acceptors (Lipinski definition) is 1. The second kappa shape index (κ2) is 20.3. The Morgan fingerprint density at radius 2 is 0.656 bits per heavy atom. The van der Waals surface area contributed by atoms with Gasteiger partial charge in [-0.25, -0.2) is 0 Å². The molecule has 0 saturated heterocycles. The van der Waals surface area contributed by atoms with Crippen LogP contribution in [0.15, 0.2) is 0 Å². The van der Waals surface area contributed by atoms with E-state index in [0.29, 0.717) is 11.1 Å². The summed E-state index contributed by atoms with van der Waals surface area (Å²) in [6, 6.07) is 0. The topological polar surface area (TPSA) is 3.24 Å². The number of hydrogen-bond donors (Lipinski definition) is 0. The van der Waals surface area contributed by atoms with E-state index in [1.54, 1.807) is 0 Å². The van der Waals surface area contributed by atoms with Gasteiger partial charge in [-0.15, -0.1) is 0 Å². The fourth-order valence-electron chi connectivity index (χ4n) is 5.60. The van der Waals surface area contributed by atoms with Crippen molar-refractivity contribution in [3.8, 4) is 0 Å². The van der Waals surface area contributed by atoms with Crippen molar-refractivity contribution in [1.82, 2.24) is 4.90 Å². The Labute approximate surface area is 205 Å². The van der Waals surface area contributed by atoms with E-state index < -0.39 is 0 Å². The van der Waals surface area contributed by atoms with Gasteiger partial charge in [0.15, 0.2) is 0 Å². The zero-order valence-corrected chi connectivity index (χ0v) is 24.0. The average Bonchev–Trinajstić information content (AvgIpc) is 2.74. The maximum Gasteiger partial charge on any atom is 0.0158 e. The monoisotopic (exact) mass is 452 g/mol. The van der Waals surface area contributed by atoms with E-state index in [1.807, 2.05) is 0 Å². The number of unbranched alkanes of at least 4 members (excludes halogenated alkanes) is 16. The van der Waals surface area contributed by atoms with Crippen molar-refractivity contribution in [2.75, 3.05) is 6.54 Å². The maximum absolute atomic E-state index is 2.93. The molecule has 0 saturated carbocycles. The van der Waals surface area contributed by atoms with Gasteiger partial charge in [-0.05, 0) is 53.5 Å². The summed E-state index contributed by atoms with van der Waals surface area (Å²) < 4.78 is 0. The molecule has 0 radical (unpaired) electrons. The molecule has 0 fully saturated rings. The van der Waals surface area contributed by atoms with E-state index >= 15 is 0 Å². The minimum atomic E-state index is 0.319. The fraction of sp³-hybridized carbons (Fsp3) is 1.00. The molecule has 0 aliphatic heterocycles. The highest BCUT2D eigenvalue weighted by molar-refractivity contribution is 4.92. The molecular weight excluding hydrogens is 386 g/mol. The Morgan fingerprint density at radius 3 is 1.00 bits per heavy atom. The van der Waals surface area contributed by atoms with Crippen molar-refractivity contribution in [1.29, 1.82) is 0 Å². The summed E-state index contributed by atoms with van der Waals surface area (Å²) >= 11 is 0. The molecule has 0 atom stereocenters. The zero-order valence-electron chi connectivity index (χ0n) is 24.0. The van der Waals surface area contributed by atoms with Gasteiger partial charge in [0.05, 0.1) is 0 Å². The van der Waals surface area contributed by atoms with Crippen molar-refractivity contribution in [2.45, 2.75) is 194 Å². The third-order valence-corrected chi connectivity index (χ3v) is 7.73. The first-order valence-electron chi connectivity index (χ1n) is 15.1. The molecule has 0 amide bonds. The van der Waals surface area contributed by atoms with Gasteiger partial charge in [0.1, 0.15) is 0 Å². The van der Waals surface area contributed by atoms with Gasteiger partial charge in [0, 0.05) is 11.1 Å². The predicted molar refractivity (Wildman–Crippen MR) is 149 cm³/mol. The van der Waals surface area contributed by atoms with Crippen LogP contribution in [0, 0.1) is 0 Å². The molecule has 0 bridgehead atoms. The molecule has 0 aromatic rings. The molecule has 0 N–H and O–H groups in total. The standard InChI is InChI=1S/C31H65N/c1-8-11-14-17-18-19-20-23-26-29-32(30(4,5)27-24-21-15-12-9-2)31(6,7)28-25-22-16-13-10-3/h8-29H2,1-7H3. The van der Waals surface area contributed by atoms with Crippen LogP contribution < -0.4 is 0 Å². The van der Waals surface area contributed by atoms with Crippen LogP contribution in [0.5, 0.6) is 0 Å². The lowest BCUT2D eigenvalue weighted by Gasteiger charge is -2.49. The van der Waals surface area contributed by atoms with Crippen molar-refractivity contribution < 1.29 is 0 Å². The van der Waals surface area contributed by atoms with Crippen molar-refractivity contribution in [2.24, 2.45) is 0 Å². The van der Waals surface area contributed by atoms with E-state index in [9.17, 15) is 0 Å². The Balaban J connectivity index is 4.62. The van der Waals surface area contributed by atoms with Crippen LogP contribution in [0.25, 0.3) is 0 Å². The molecule has 0 rings (SSSR count). The highest BCUT2D eigenvalue weighted by Gasteiger charge is 2.36. The molecule has 0 aliphatic rings. The van der Waals surface area contributed by atoms with Crippen molar-refractivity contribution >= 4 is 0 Å². The highest BCUT2D eigenvalue weighted by atomic mass is 15.2.